The molecule has 0 saturated heterocycles. The van der Waals surface area contributed by atoms with E-state index in [-0.39, 0.29) is 12.5 Å². The average Bonchev–Trinajstić information content (AvgIpc) is 2.86. The predicted octanol–water partition coefficient (Wildman–Crippen LogP) is 5.85. The summed E-state index contributed by atoms with van der Waals surface area (Å²) in [7, 11) is -3.55. The maximum Gasteiger partial charge on any atom is 0.255 e. The Morgan fingerprint density at radius 3 is 2.14 bits per heavy atom. The molecule has 1 N–H and O–H groups in total. The highest BCUT2D eigenvalue weighted by Crippen LogP contribution is 2.29. The van der Waals surface area contributed by atoms with E-state index in [0.29, 0.717) is 27.5 Å². The second kappa shape index (κ2) is 10.9. The molecule has 0 spiro atoms. The second-order valence-corrected chi connectivity index (χ2v) is 10.8. The van der Waals surface area contributed by atoms with Gasteiger partial charge >= 0.3 is 0 Å². The van der Waals surface area contributed by atoms with Gasteiger partial charge in [-0.3, -0.25) is 14.1 Å². The van der Waals surface area contributed by atoms with Crippen LogP contribution in [0.1, 0.15) is 32.6 Å². The number of hydrogen-bond acceptors (Lipinski definition) is 4. The van der Waals surface area contributed by atoms with Crippen LogP contribution in [0.15, 0.2) is 91.3 Å². The number of pyridine rings is 1. The van der Waals surface area contributed by atoms with Crippen molar-refractivity contribution in [3.63, 3.8) is 0 Å². The number of rotatable bonds is 8. The number of halogens is 1. The van der Waals surface area contributed by atoms with E-state index in [1.807, 2.05) is 36.4 Å². The number of nitrogens with one attached hydrogen (secondary N) is 1. The highest BCUT2D eigenvalue weighted by Gasteiger charge is 2.21. The SMILES string of the molecule is Cc1c(Cl)cccc1N(Cc1ccc(C(=O)Nc2ccc(Cc3ccncc3)cc2)cc1)S(C)(=O)=O. The lowest BCUT2D eigenvalue weighted by Gasteiger charge is -2.24. The van der Waals surface area contributed by atoms with Gasteiger partial charge in [0.2, 0.25) is 10.0 Å². The molecule has 0 bridgehead atoms. The van der Waals surface area contributed by atoms with Gasteiger partial charge in [0, 0.05) is 28.7 Å². The average molecular weight is 520 g/mol. The Kier molecular flexibility index (Phi) is 7.72. The van der Waals surface area contributed by atoms with E-state index in [1.54, 1.807) is 61.8 Å². The zero-order valence-corrected chi connectivity index (χ0v) is 21.6. The summed E-state index contributed by atoms with van der Waals surface area (Å²) in [5.41, 5.74) is 5.44. The fraction of sp³-hybridized carbons (Fsp3) is 0.143. The number of benzene rings is 3. The van der Waals surface area contributed by atoms with Crippen molar-refractivity contribution in [1.29, 1.82) is 0 Å². The van der Waals surface area contributed by atoms with E-state index < -0.39 is 10.0 Å². The van der Waals surface area contributed by atoms with Crippen LogP contribution in [0.3, 0.4) is 0 Å². The molecule has 184 valence electrons. The Morgan fingerprint density at radius 1 is 0.889 bits per heavy atom. The molecule has 0 aliphatic carbocycles. The third-order valence-corrected chi connectivity index (χ3v) is 7.36. The van der Waals surface area contributed by atoms with Crippen molar-refractivity contribution in [1.82, 2.24) is 4.98 Å². The summed E-state index contributed by atoms with van der Waals surface area (Å²) in [6, 6.07) is 23.7. The van der Waals surface area contributed by atoms with Crippen LogP contribution in [0.25, 0.3) is 0 Å². The normalized spacial score (nSPS) is 11.2. The molecule has 36 heavy (non-hydrogen) atoms. The summed E-state index contributed by atoms with van der Waals surface area (Å²) in [6.07, 6.45) is 5.49. The third kappa shape index (κ3) is 6.30. The molecule has 1 heterocycles. The van der Waals surface area contributed by atoms with Crippen LogP contribution in [0, 0.1) is 6.92 Å². The van der Waals surface area contributed by atoms with Crippen molar-refractivity contribution >= 4 is 38.9 Å². The molecule has 1 aromatic heterocycles. The minimum absolute atomic E-state index is 0.126. The van der Waals surface area contributed by atoms with Crippen LogP contribution in [0.5, 0.6) is 0 Å². The molecule has 0 aliphatic rings. The van der Waals surface area contributed by atoms with Gasteiger partial charge in [0.15, 0.2) is 0 Å². The summed E-state index contributed by atoms with van der Waals surface area (Å²) in [6.45, 7) is 1.91. The van der Waals surface area contributed by atoms with Gasteiger partial charge < -0.3 is 5.32 Å². The number of hydrogen-bond donors (Lipinski definition) is 1. The molecule has 8 heteroatoms. The molecule has 4 aromatic rings. The van der Waals surface area contributed by atoms with Crippen molar-refractivity contribution in [2.45, 2.75) is 19.9 Å². The van der Waals surface area contributed by atoms with Crippen molar-refractivity contribution in [2.75, 3.05) is 15.9 Å². The summed E-state index contributed by atoms with van der Waals surface area (Å²) in [5.74, 6) is -0.242. The largest absolute Gasteiger partial charge is 0.322 e. The van der Waals surface area contributed by atoms with E-state index in [1.165, 1.54) is 9.87 Å². The molecular formula is C28H26ClN3O3S. The van der Waals surface area contributed by atoms with Gasteiger partial charge in [-0.15, -0.1) is 0 Å². The maximum atomic E-state index is 12.7. The zero-order valence-electron chi connectivity index (χ0n) is 20.0. The molecule has 0 fully saturated rings. The molecule has 0 unspecified atom stereocenters. The lowest BCUT2D eigenvalue weighted by molar-refractivity contribution is 0.102. The summed E-state index contributed by atoms with van der Waals surface area (Å²) >= 11 is 6.21. The Morgan fingerprint density at radius 2 is 1.50 bits per heavy atom. The highest BCUT2D eigenvalue weighted by atomic mass is 35.5. The van der Waals surface area contributed by atoms with Crippen LogP contribution >= 0.6 is 11.6 Å². The summed E-state index contributed by atoms with van der Waals surface area (Å²) in [5, 5.41) is 3.40. The number of anilines is 2. The lowest BCUT2D eigenvalue weighted by Crippen LogP contribution is -2.30. The van der Waals surface area contributed by atoms with Crippen molar-refractivity contribution < 1.29 is 13.2 Å². The first-order chi connectivity index (χ1) is 17.2. The Bertz CT molecular complexity index is 1460. The Balaban J connectivity index is 1.43. The number of carbonyl (C=O) groups is 1. The lowest BCUT2D eigenvalue weighted by atomic mass is 10.1. The van der Waals surface area contributed by atoms with E-state index in [0.717, 1.165) is 23.8 Å². The number of amides is 1. The third-order valence-electron chi connectivity index (χ3n) is 5.82. The molecular weight excluding hydrogens is 494 g/mol. The molecule has 0 radical (unpaired) electrons. The van der Waals surface area contributed by atoms with E-state index in [4.69, 9.17) is 11.6 Å². The molecule has 0 aliphatic heterocycles. The van der Waals surface area contributed by atoms with Crippen molar-refractivity contribution in [3.05, 3.63) is 124 Å². The molecule has 3 aromatic carbocycles. The second-order valence-electron chi connectivity index (χ2n) is 8.53. The van der Waals surface area contributed by atoms with Crippen molar-refractivity contribution in [2.24, 2.45) is 0 Å². The molecule has 0 saturated carbocycles. The number of aromatic nitrogens is 1. The summed E-state index contributed by atoms with van der Waals surface area (Å²) in [4.78, 5) is 16.8. The van der Waals surface area contributed by atoms with E-state index >= 15 is 0 Å². The van der Waals surface area contributed by atoms with Gasteiger partial charge in [0.1, 0.15) is 0 Å². The van der Waals surface area contributed by atoms with Crippen LogP contribution < -0.4 is 9.62 Å². The monoisotopic (exact) mass is 519 g/mol. The van der Waals surface area contributed by atoms with Crippen LogP contribution in [-0.2, 0) is 23.0 Å². The van der Waals surface area contributed by atoms with E-state index in [2.05, 4.69) is 10.3 Å². The maximum absolute atomic E-state index is 12.7. The smallest absolute Gasteiger partial charge is 0.255 e. The number of nitrogens with zero attached hydrogens (tertiary/aromatic N) is 2. The van der Waals surface area contributed by atoms with Gasteiger partial charge in [-0.25, -0.2) is 8.42 Å². The van der Waals surface area contributed by atoms with Gasteiger partial charge in [-0.1, -0.05) is 41.9 Å². The molecule has 0 atom stereocenters. The van der Waals surface area contributed by atoms with E-state index in [9.17, 15) is 13.2 Å². The number of sulfonamides is 1. The fourth-order valence-corrected chi connectivity index (χ4v) is 4.93. The van der Waals surface area contributed by atoms with Crippen molar-refractivity contribution in [3.8, 4) is 0 Å². The Hall–Kier alpha value is -3.68. The van der Waals surface area contributed by atoms with Crippen LogP contribution in [0.4, 0.5) is 11.4 Å². The first kappa shape index (κ1) is 25.4. The van der Waals surface area contributed by atoms with Gasteiger partial charge in [0.25, 0.3) is 5.91 Å². The Labute approximate surface area is 216 Å². The number of carbonyl (C=O) groups excluding carboxylic acids is 1. The van der Waals surface area contributed by atoms with Crippen LogP contribution in [0.2, 0.25) is 5.02 Å². The van der Waals surface area contributed by atoms with Gasteiger partial charge in [-0.05, 0) is 84.1 Å². The van der Waals surface area contributed by atoms with Crippen LogP contribution in [-0.4, -0.2) is 25.6 Å². The van der Waals surface area contributed by atoms with Gasteiger partial charge in [0.05, 0.1) is 18.5 Å². The predicted molar refractivity (Wildman–Crippen MR) is 145 cm³/mol. The first-order valence-corrected chi connectivity index (χ1v) is 13.5. The molecule has 1 amide bonds. The quantitative estimate of drug-likeness (QED) is 0.316. The fourth-order valence-electron chi connectivity index (χ4n) is 3.82. The van der Waals surface area contributed by atoms with Gasteiger partial charge in [-0.2, -0.15) is 0 Å². The standard InChI is InChI=1S/C28H26ClN3O3S/c1-20-26(29)4-3-5-27(20)32(36(2,34)35)19-23-6-10-24(11-7-23)28(33)31-25-12-8-21(9-13-25)18-22-14-16-30-17-15-22/h3-17H,18-19H2,1-2H3,(H,31,33). The summed E-state index contributed by atoms with van der Waals surface area (Å²) < 4.78 is 26.4. The minimum atomic E-state index is -3.55. The highest BCUT2D eigenvalue weighted by molar-refractivity contribution is 7.92. The topological polar surface area (TPSA) is 79.4 Å². The zero-order chi connectivity index (χ0) is 25.7. The molecule has 6 nitrogen and oxygen atoms in total. The first-order valence-electron chi connectivity index (χ1n) is 11.3. The molecule has 4 rings (SSSR count). The minimum Gasteiger partial charge on any atom is -0.322 e.